The monoisotopic (exact) mass is 306 g/mol. The van der Waals surface area contributed by atoms with E-state index >= 15 is 0 Å². The lowest BCUT2D eigenvalue weighted by Gasteiger charge is -2.12. The third-order valence-corrected chi connectivity index (χ3v) is 3.25. The summed E-state index contributed by atoms with van der Waals surface area (Å²) in [6.07, 6.45) is 1.45. The summed E-state index contributed by atoms with van der Waals surface area (Å²) in [5, 5.41) is 20.9. The van der Waals surface area contributed by atoms with Gasteiger partial charge in [-0.15, -0.1) is 0 Å². The zero-order chi connectivity index (χ0) is 15.4. The Labute approximate surface area is 125 Å². The number of carbonyl (C=O) groups is 1. The lowest BCUT2D eigenvalue weighted by molar-refractivity contribution is -0.386. The normalized spacial score (nSPS) is 11.9. The van der Waals surface area contributed by atoms with Gasteiger partial charge in [-0.1, -0.05) is 23.7 Å². The van der Waals surface area contributed by atoms with E-state index in [0.717, 1.165) is 0 Å². The first kappa shape index (κ1) is 14.9. The van der Waals surface area contributed by atoms with Crippen molar-refractivity contribution in [1.82, 2.24) is 4.98 Å². The Bertz CT molecular complexity index is 673. The molecular weight excluding hydrogens is 296 g/mol. The van der Waals surface area contributed by atoms with E-state index < -0.39 is 16.8 Å². The maximum absolute atomic E-state index is 11.5. The van der Waals surface area contributed by atoms with Crippen molar-refractivity contribution in [1.29, 1.82) is 0 Å². The standard InChI is InChI=1S/C14H11ClN2O4/c15-10-5-3-9(4-6-10)8-11(14(18)19)13-12(17(20)21)2-1-7-16-13/h1-7,11H,8H2,(H,18,19). The first-order valence-electron chi connectivity index (χ1n) is 6.05. The second-order valence-corrected chi connectivity index (χ2v) is 4.82. The number of hydrogen-bond donors (Lipinski definition) is 1. The summed E-state index contributed by atoms with van der Waals surface area (Å²) in [7, 11) is 0. The fourth-order valence-corrected chi connectivity index (χ4v) is 2.12. The van der Waals surface area contributed by atoms with Crippen molar-refractivity contribution in [2.75, 3.05) is 0 Å². The molecule has 1 aromatic carbocycles. The molecule has 1 heterocycles. The topological polar surface area (TPSA) is 93.3 Å². The molecule has 1 aromatic heterocycles. The summed E-state index contributed by atoms with van der Waals surface area (Å²) < 4.78 is 0. The molecule has 2 aromatic rings. The molecule has 108 valence electrons. The van der Waals surface area contributed by atoms with Crippen molar-refractivity contribution >= 4 is 23.3 Å². The highest BCUT2D eigenvalue weighted by Crippen LogP contribution is 2.27. The van der Waals surface area contributed by atoms with Gasteiger partial charge in [0, 0.05) is 17.3 Å². The second-order valence-electron chi connectivity index (χ2n) is 4.39. The fourth-order valence-electron chi connectivity index (χ4n) is 1.99. The van der Waals surface area contributed by atoms with E-state index in [1.807, 2.05) is 0 Å². The van der Waals surface area contributed by atoms with Gasteiger partial charge in [0.2, 0.25) is 0 Å². The summed E-state index contributed by atoms with van der Waals surface area (Å²) in [6, 6.07) is 9.31. The number of aliphatic carboxylic acids is 1. The SMILES string of the molecule is O=C(O)C(Cc1ccc(Cl)cc1)c1ncccc1[N+](=O)[O-]. The largest absolute Gasteiger partial charge is 0.481 e. The predicted octanol–water partition coefficient (Wildman–Crippen LogP) is 3.05. The van der Waals surface area contributed by atoms with Gasteiger partial charge in [-0.05, 0) is 30.2 Å². The van der Waals surface area contributed by atoms with Crippen LogP contribution < -0.4 is 0 Å². The molecule has 2 rings (SSSR count). The van der Waals surface area contributed by atoms with Crippen molar-refractivity contribution in [3.63, 3.8) is 0 Å². The first-order valence-corrected chi connectivity index (χ1v) is 6.43. The minimum Gasteiger partial charge on any atom is -0.481 e. The molecule has 0 aliphatic heterocycles. The fraction of sp³-hybridized carbons (Fsp3) is 0.143. The minimum atomic E-state index is -1.16. The van der Waals surface area contributed by atoms with Gasteiger partial charge in [-0.3, -0.25) is 19.9 Å². The Morgan fingerprint density at radius 2 is 2.00 bits per heavy atom. The van der Waals surface area contributed by atoms with Gasteiger partial charge in [0.15, 0.2) is 0 Å². The molecule has 6 nitrogen and oxygen atoms in total. The summed E-state index contributed by atoms with van der Waals surface area (Å²) in [6.45, 7) is 0. The van der Waals surface area contributed by atoms with E-state index in [9.17, 15) is 20.0 Å². The van der Waals surface area contributed by atoms with Gasteiger partial charge in [-0.2, -0.15) is 0 Å². The molecule has 0 amide bonds. The number of pyridine rings is 1. The molecule has 0 aliphatic carbocycles. The Morgan fingerprint density at radius 1 is 1.33 bits per heavy atom. The molecule has 0 aliphatic rings. The Balaban J connectivity index is 2.38. The molecule has 21 heavy (non-hydrogen) atoms. The van der Waals surface area contributed by atoms with Gasteiger partial charge < -0.3 is 5.11 Å². The average Bonchev–Trinajstić information content (AvgIpc) is 2.46. The quantitative estimate of drug-likeness (QED) is 0.677. The van der Waals surface area contributed by atoms with E-state index in [2.05, 4.69) is 4.98 Å². The summed E-state index contributed by atoms with van der Waals surface area (Å²) in [5.74, 6) is -2.25. The van der Waals surface area contributed by atoms with Crippen LogP contribution in [0.15, 0.2) is 42.6 Å². The number of nitro groups is 1. The van der Waals surface area contributed by atoms with Crippen molar-refractivity contribution in [3.05, 3.63) is 69.0 Å². The van der Waals surface area contributed by atoms with Gasteiger partial charge in [0.25, 0.3) is 5.69 Å². The van der Waals surface area contributed by atoms with Crippen LogP contribution in [0.5, 0.6) is 0 Å². The summed E-state index contributed by atoms with van der Waals surface area (Å²) >= 11 is 5.78. The molecule has 0 saturated heterocycles. The molecule has 1 N–H and O–H groups in total. The first-order chi connectivity index (χ1) is 9.99. The van der Waals surface area contributed by atoms with Gasteiger partial charge in [0.1, 0.15) is 11.6 Å². The number of rotatable bonds is 5. The molecule has 0 radical (unpaired) electrons. The molecule has 0 spiro atoms. The van der Waals surface area contributed by atoms with Crippen LogP contribution in [0.25, 0.3) is 0 Å². The number of nitrogens with zero attached hydrogens (tertiary/aromatic N) is 2. The van der Waals surface area contributed by atoms with E-state index in [0.29, 0.717) is 10.6 Å². The van der Waals surface area contributed by atoms with Crippen LogP contribution in [0, 0.1) is 10.1 Å². The van der Waals surface area contributed by atoms with Crippen molar-refractivity contribution in [2.45, 2.75) is 12.3 Å². The van der Waals surface area contributed by atoms with E-state index in [1.165, 1.54) is 18.3 Å². The highest BCUT2D eigenvalue weighted by atomic mass is 35.5. The van der Waals surface area contributed by atoms with Gasteiger partial charge >= 0.3 is 5.97 Å². The number of carboxylic acid groups (broad SMARTS) is 1. The van der Waals surface area contributed by atoms with E-state index in [-0.39, 0.29) is 17.8 Å². The van der Waals surface area contributed by atoms with E-state index in [4.69, 9.17) is 11.6 Å². The highest BCUT2D eigenvalue weighted by Gasteiger charge is 2.29. The molecule has 1 unspecified atom stereocenters. The van der Waals surface area contributed by atoms with Crippen LogP contribution in [0.2, 0.25) is 5.02 Å². The molecular formula is C14H11ClN2O4. The number of carboxylic acids is 1. The molecule has 0 saturated carbocycles. The predicted molar refractivity (Wildman–Crippen MR) is 76.4 cm³/mol. The molecule has 7 heteroatoms. The molecule has 0 bridgehead atoms. The number of halogens is 1. The number of aromatic nitrogens is 1. The highest BCUT2D eigenvalue weighted by molar-refractivity contribution is 6.30. The maximum Gasteiger partial charge on any atom is 0.313 e. The van der Waals surface area contributed by atoms with Crippen LogP contribution in [0.3, 0.4) is 0 Å². The van der Waals surface area contributed by atoms with Crippen molar-refractivity contribution < 1.29 is 14.8 Å². The van der Waals surface area contributed by atoms with Gasteiger partial charge in [0.05, 0.1) is 4.92 Å². The Morgan fingerprint density at radius 3 is 2.57 bits per heavy atom. The minimum absolute atomic E-state index is 0.0510. The smallest absolute Gasteiger partial charge is 0.313 e. The summed E-state index contributed by atoms with van der Waals surface area (Å²) in [5.41, 5.74) is 0.371. The second kappa shape index (κ2) is 6.32. The van der Waals surface area contributed by atoms with Crippen LogP contribution in [0.4, 0.5) is 5.69 Å². The Hall–Kier alpha value is -2.47. The van der Waals surface area contributed by atoms with Crippen molar-refractivity contribution in [3.8, 4) is 0 Å². The zero-order valence-corrected chi connectivity index (χ0v) is 11.5. The van der Waals surface area contributed by atoms with Crippen LogP contribution >= 0.6 is 11.6 Å². The van der Waals surface area contributed by atoms with Crippen molar-refractivity contribution in [2.24, 2.45) is 0 Å². The number of benzene rings is 1. The lowest BCUT2D eigenvalue weighted by Crippen LogP contribution is -2.17. The van der Waals surface area contributed by atoms with Gasteiger partial charge in [-0.25, -0.2) is 0 Å². The molecule has 0 fully saturated rings. The van der Waals surface area contributed by atoms with Crippen LogP contribution in [0.1, 0.15) is 17.2 Å². The molecule has 1 atom stereocenters. The lowest BCUT2D eigenvalue weighted by atomic mass is 9.95. The average molecular weight is 307 g/mol. The summed E-state index contributed by atoms with van der Waals surface area (Å²) in [4.78, 5) is 25.7. The third kappa shape index (κ3) is 3.55. The zero-order valence-electron chi connectivity index (χ0n) is 10.8. The maximum atomic E-state index is 11.5. The Kier molecular flexibility index (Phi) is 4.49. The van der Waals surface area contributed by atoms with Crippen LogP contribution in [-0.2, 0) is 11.2 Å². The number of hydrogen-bond acceptors (Lipinski definition) is 4. The van der Waals surface area contributed by atoms with E-state index in [1.54, 1.807) is 24.3 Å². The van der Waals surface area contributed by atoms with Crippen LogP contribution in [-0.4, -0.2) is 21.0 Å². The third-order valence-electron chi connectivity index (χ3n) is 2.99.